The molecule has 0 spiro atoms. The maximum absolute atomic E-state index is 11.0. The fourth-order valence-corrected chi connectivity index (χ4v) is 5.38. The minimum absolute atomic E-state index is 0.137. The molecule has 2 N–H and O–H groups in total. The molecular weight excluding hydrogens is 498 g/mol. The Morgan fingerprint density at radius 2 is 1.92 bits per heavy atom. The minimum Gasteiger partial charge on any atom is -0.472 e. The lowest BCUT2D eigenvalue weighted by molar-refractivity contribution is -0.768. The van der Waals surface area contributed by atoms with Gasteiger partial charge in [0.15, 0.2) is 6.10 Å². The molecular formula is C20H35N7O8S. The van der Waals surface area contributed by atoms with Crippen molar-refractivity contribution < 1.29 is 29.3 Å². The van der Waals surface area contributed by atoms with Gasteiger partial charge in [-0.3, -0.25) is 0 Å². The standard InChI is InChI=1S/C20H35N7O8S/c1-18(2,3)21-8-12(35-27(30)31)10-32-17-16(22-36-23-17)25-9-13(11-33-26(28)29)34-15-14(25)19(4,5)24-20(15,6)7/h12-15,21,24H,8-11H2,1-7H3/t12-,13?,14?,15?/m0/s1. The van der Waals surface area contributed by atoms with Crippen LogP contribution in [0.1, 0.15) is 48.5 Å². The maximum Gasteiger partial charge on any atom is 0.294 e. The third kappa shape index (κ3) is 6.80. The number of nitrogens with zero attached hydrogens (tertiary/aromatic N) is 5. The molecule has 0 aromatic carbocycles. The second-order valence-electron chi connectivity index (χ2n) is 11.1. The van der Waals surface area contributed by atoms with Gasteiger partial charge in [0.1, 0.15) is 13.2 Å². The van der Waals surface area contributed by atoms with Crippen LogP contribution in [0.15, 0.2) is 0 Å². The Balaban J connectivity index is 1.83. The molecule has 204 valence electrons. The van der Waals surface area contributed by atoms with Crippen molar-refractivity contribution in [1.82, 2.24) is 19.4 Å². The monoisotopic (exact) mass is 533 g/mol. The third-order valence-corrected chi connectivity index (χ3v) is 6.54. The van der Waals surface area contributed by atoms with Crippen LogP contribution in [0.4, 0.5) is 5.82 Å². The molecule has 15 nitrogen and oxygen atoms in total. The van der Waals surface area contributed by atoms with E-state index >= 15 is 0 Å². The summed E-state index contributed by atoms with van der Waals surface area (Å²) < 4.78 is 20.9. The number of hydrogen-bond donors (Lipinski definition) is 2. The van der Waals surface area contributed by atoms with Crippen LogP contribution in [-0.4, -0.2) is 86.2 Å². The molecule has 16 heteroatoms. The SMILES string of the molecule is CC(C)(C)NC[C@@H](COc1nsnc1N1CC(CO[N+](=O)[O-])OC2C1C(C)(C)NC2(C)C)O[N+](=O)[O-]. The number of ether oxygens (including phenoxy) is 2. The van der Waals surface area contributed by atoms with E-state index in [1.54, 1.807) is 0 Å². The Labute approximate surface area is 213 Å². The zero-order chi connectivity index (χ0) is 26.9. The number of rotatable bonds is 11. The number of hydrogen-bond acceptors (Lipinski definition) is 14. The van der Waals surface area contributed by atoms with Crippen LogP contribution in [0, 0.1) is 20.2 Å². The highest BCUT2D eigenvalue weighted by Crippen LogP contribution is 2.43. The largest absolute Gasteiger partial charge is 0.472 e. The van der Waals surface area contributed by atoms with Gasteiger partial charge in [-0.15, -0.1) is 24.6 Å². The molecule has 1 aromatic heterocycles. The molecule has 3 heterocycles. The van der Waals surface area contributed by atoms with E-state index in [4.69, 9.17) is 14.3 Å². The molecule has 1 aromatic rings. The molecule has 36 heavy (non-hydrogen) atoms. The lowest BCUT2D eigenvalue weighted by Gasteiger charge is -2.46. The smallest absolute Gasteiger partial charge is 0.294 e. The predicted octanol–water partition coefficient (Wildman–Crippen LogP) is 1.19. The Morgan fingerprint density at radius 1 is 1.22 bits per heavy atom. The molecule has 0 saturated carbocycles. The number of anilines is 1. The average molecular weight is 534 g/mol. The van der Waals surface area contributed by atoms with Crippen molar-refractivity contribution in [3.8, 4) is 5.88 Å². The summed E-state index contributed by atoms with van der Waals surface area (Å²) in [6.45, 7) is 14.0. The summed E-state index contributed by atoms with van der Waals surface area (Å²) in [5.74, 6) is 0.628. The number of aromatic nitrogens is 2. The fraction of sp³-hybridized carbons (Fsp3) is 0.900. The lowest BCUT2D eigenvalue weighted by Crippen LogP contribution is -2.62. The Hall–Kier alpha value is -2.56. The molecule has 2 saturated heterocycles. The first-order chi connectivity index (χ1) is 16.6. The number of nitrogens with one attached hydrogen (secondary N) is 2. The van der Waals surface area contributed by atoms with E-state index in [1.807, 2.05) is 53.4 Å². The Bertz CT molecular complexity index is 937. The first-order valence-corrected chi connectivity index (χ1v) is 12.3. The zero-order valence-electron chi connectivity index (χ0n) is 21.5. The highest BCUT2D eigenvalue weighted by atomic mass is 32.1. The maximum atomic E-state index is 11.0. The van der Waals surface area contributed by atoms with Crippen molar-refractivity contribution in [2.45, 2.75) is 89.4 Å². The molecule has 4 atom stereocenters. The first kappa shape index (κ1) is 28.0. The highest BCUT2D eigenvalue weighted by molar-refractivity contribution is 6.99. The summed E-state index contributed by atoms with van der Waals surface area (Å²) in [7, 11) is 0. The van der Waals surface area contributed by atoms with Crippen molar-refractivity contribution in [3.63, 3.8) is 0 Å². The summed E-state index contributed by atoms with van der Waals surface area (Å²) in [4.78, 5) is 33.2. The molecule has 0 radical (unpaired) electrons. The summed E-state index contributed by atoms with van der Waals surface area (Å²) in [6.07, 6.45) is -1.84. The second kappa shape index (κ2) is 10.4. The van der Waals surface area contributed by atoms with E-state index in [9.17, 15) is 20.2 Å². The first-order valence-electron chi connectivity index (χ1n) is 11.6. The third-order valence-electron chi connectivity index (χ3n) is 6.04. The minimum atomic E-state index is -0.879. The van der Waals surface area contributed by atoms with Crippen molar-refractivity contribution >= 4 is 17.5 Å². The summed E-state index contributed by atoms with van der Waals surface area (Å²) in [5.41, 5.74) is -1.14. The molecule has 3 unspecified atom stereocenters. The van der Waals surface area contributed by atoms with Gasteiger partial charge in [0.05, 0.1) is 30.0 Å². The van der Waals surface area contributed by atoms with Crippen LogP contribution < -0.4 is 20.3 Å². The zero-order valence-corrected chi connectivity index (χ0v) is 22.4. The fourth-order valence-electron chi connectivity index (χ4n) is 4.87. The number of morpholine rings is 1. The van der Waals surface area contributed by atoms with Gasteiger partial charge in [-0.05, 0) is 48.5 Å². The van der Waals surface area contributed by atoms with Gasteiger partial charge in [0, 0.05) is 29.7 Å². The van der Waals surface area contributed by atoms with Crippen molar-refractivity contribution in [2.24, 2.45) is 0 Å². The normalized spacial score (nSPS) is 25.6. The molecule has 2 aliphatic heterocycles. The van der Waals surface area contributed by atoms with Gasteiger partial charge in [-0.25, -0.2) is 0 Å². The molecule has 0 aliphatic carbocycles. The molecule has 2 fully saturated rings. The summed E-state index contributed by atoms with van der Waals surface area (Å²) in [5, 5.41) is 26.9. The Morgan fingerprint density at radius 3 is 2.53 bits per heavy atom. The van der Waals surface area contributed by atoms with E-state index in [2.05, 4.69) is 24.2 Å². The van der Waals surface area contributed by atoms with Gasteiger partial charge in [-0.2, -0.15) is 4.37 Å². The van der Waals surface area contributed by atoms with Crippen LogP contribution in [0.25, 0.3) is 0 Å². The Kier molecular flexibility index (Phi) is 8.12. The van der Waals surface area contributed by atoms with E-state index in [0.717, 1.165) is 11.7 Å². The van der Waals surface area contributed by atoms with Crippen LogP contribution in [0.5, 0.6) is 5.88 Å². The van der Waals surface area contributed by atoms with Gasteiger partial charge < -0.3 is 34.7 Å². The van der Waals surface area contributed by atoms with Crippen molar-refractivity contribution in [1.29, 1.82) is 0 Å². The van der Waals surface area contributed by atoms with Gasteiger partial charge >= 0.3 is 0 Å². The lowest BCUT2D eigenvalue weighted by atomic mass is 9.88. The van der Waals surface area contributed by atoms with Crippen LogP contribution in [0.2, 0.25) is 0 Å². The quantitative estimate of drug-likeness (QED) is 0.307. The van der Waals surface area contributed by atoms with Gasteiger partial charge in [0.2, 0.25) is 5.82 Å². The van der Waals surface area contributed by atoms with Crippen LogP contribution in [0.3, 0.4) is 0 Å². The predicted molar refractivity (Wildman–Crippen MR) is 129 cm³/mol. The molecule has 3 rings (SSSR count). The molecule has 0 amide bonds. The van der Waals surface area contributed by atoms with E-state index in [0.29, 0.717) is 5.82 Å². The van der Waals surface area contributed by atoms with Crippen LogP contribution >= 0.6 is 11.7 Å². The van der Waals surface area contributed by atoms with Crippen molar-refractivity contribution in [3.05, 3.63) is 20.2 Å². The van der Waals surface area contributed by atoms with Crippen LogP contribution in [-0.2, 0) is 14.4 Å². The second-order valence-corrected chi connectivity index (χ2v) is 11.7. The van der Waals surface area contributed by atoms with Gasteiger partial charge in [0.25, 0.3) is 16.1 Å². The van der Waals surface area contributed by atoms with E-state index in [1.165, 1.54) is 0 Å². The highest BCUT2D eigenvalue weighted by Gasteiger charge is 2.59. The van der Waals surface area contributed by atoms with E-state index < -0.39 is 33.5 Å². The van der Waals surface area contributed by atoms with Gasteiger partial charge in [-0.1, -0.05) is 0 Å². The average Bonchev–Trinajstić information content (AvgIpc) is 3.27. The van der Waals surface area contributed by atoms with E-state index in [-0.39, 0.29) is 49.9 Å². The topological polar surface area (TPSA) is 176 Å². The summed E-state index contributed by atoms with van der Waals surface area (Å²) in [6, 6.07) is -0.209. The number of fused-ring (bicyclic) bond motifs is 1. The summed E-state index contributed by atoms with van der Waals surface area (Å²) >= 11 is 0.939. The van der Waals surface area contributed by atoms with Crippen molar-refractivity contribution in [2.75, 3.05) is 31.2 Å². The molecule has 2 aliphatic rings. The molecule has 0 bridgehead atoms.